The second kappa shape index (κ2) is 5.33. The van der Waals surface area contributed by atoms with Crippen LogP contribution in [0.3, 0.4) is 0 Å². The van der Waals surface area contributed by atoms with Gasteiger partial charge in [-0.05, 0) is 42.3 Å². The molecule has 0 atom stereocenters. The molecule has 0 radical (unpaired) electrons. The molecular weight excluding hydrogens is 289 g/mol. The zero-order valence-electron chi connectivity index (χ0n) is 11.8. The molecular formula is C17H13F3N2. The van der Waals surface area contributed by atoms with Crippen molar-refractivity contribution < 1.29 is 13.2 Å². The number of nitrogens with zero attached hydrogens (tertiary/aromatic N) is 2. The SMILES string of the molecule is Cc1ccnn1-c1cccc(-c2ccccc2C(F)(F)F)c1. The Balaban J connectivity index is 2.13. The van der Waals surface area contributed by atoms with Crippen LogP contribution < -0.4 is 0 Å². The molecule has 0 unspecified atom stereocenters. The van der Waals surface area contributed by atoms with Crippen molar-refractivity contribution in [3.05, 3.63) is 72.1 Å². The minimum atomic E-state index is -4.38. The number of rotatable bonds is 2. The highest BCUT2D eigenvalue weighted by Crippen LogP contribution is 2.37. The van der Waals surface area contributed by atoms with Gasteiger partial charge in [0.15, 0.2) is 0 Å². The van der Waals surface area contributed by atoms with E-state index in [-0.39, 0.29) is 5.56 Å². The van der Waals surface area contributed by atoms with E-state index in [0.717, 1.165) is 17.4 Å². The molecule has 2 nitrogen and oxygen atoms in total. The Kier molecular flexibility index (Phi) is 3.48. The predicted molar refractivity (Wildman–Crippen MR) is 78.7 cm³/mol. The lowest BCUT2D eigenvalue weighted by molar-refractivity contribution is -0.137. The summed E-state index contributed by atoms with van der Waals surface area (Å²) < 4.78 is 41.2. The van der Waals surface area contributed by atoms with E-state index in [1.54, 1.807) is 35.1 Å². The van der Waals surface area contributed by atoms with E-state index >= 15 is 0 Å². The molecule has 3 rings (SSSR count). The summed E-state index contributed by atoms with van der Waals surface area (Å²) in [4.78, 5) is 0. The largest absolute Gasteiger partial charge is 0.417 e. The number of halogens is 3. The van der Waals surface area contributed by atoms with Crippen LogP contribution in [0.5, 0.6) is 0 Å². The van der Waals surface area contributed by atoms with Crippen LogP contribution in [-0.4, -0.2) is 9.78 Å². The topological polar surface area (TPSA) is 17.8 Å². The number of hydrogen-bond acceptors (Lipinski definition) is 1. The molecule has 0 aliphatic carbocycles. The van der Waals surface area contributed by atoms with Crippen LogP contribution in [0.1, 0.15) is 11.3 Å². The summed E-state index contributed by atoms with van der Waals surface area (Å²) in [6, 6.07) is 14.4. The lowest BCUT2D eigenvalue weighted by Gasteiger charge is -2.14. The molecule has 2 aromatic carbocycles. The third-order valence-electron chi connectivity index (χ3n) is 3.47. The number of benzene rings is 2. The fourth-order valence-corrected chi connectivity index (χ4v) is 2.43. The highest BCUT2D eigenvalue weighted by molar-refractivity contribution is 5.70. The van der Waals surface area contributed by atoms with Crippen molar-refractivity contribution in [1.82, 2.24) is 9.78 Å². The lowest BCUT2D eigenvalue weighted by atomic mass is 9.99. The summed E-state index contributed by atoms with van der Waals surface area (Å²) in [5.74, 6) is 0. The lowest BCUT2D eigenvalue weighted by Crippen LogP contribution is -2.07. The first-order valence-electron chi connectivity index (χ1n) is 6.74. The average Bonchev–Trinajstić information content (AvgIpc) is 2.93. The first kappa shape index (κ1) is 14.4. The molecule has 0 spiro atoms. The van der Waals surface area contributed by atoms with Gasteiger partial charge in [-0.3, -0.25) is 0 Å². The minimum absolute atomic E-state index is 0.168. The molecule has 0 N–H and O–H groups in total. The van der Waals surface area contributed by atoms with Crippen LogP contribution in [-0.2, 0) is 6.18 Å². The van der Waals surface area contributed by atoms with Crippen LogP contribution in [0.25, 0.3) is 16.8 Å². The highest BCUT2D eigenvalue weighted by atomic mass is 19.4. The van der Waals surface area contributed by atoms with Crippen LogP contribution in [0.2, 0.25) is 0 Å². The average molecular weight is 302 g/mol. The standard InChI is InChI=1S/C17H13F3N2/c1-12-9-10-21-22(12)14-6-4-5-13(11-14)15-7-2-3-8-16(15)17(18,19)20/h2-11H,1H3. The second-order valence-electron chi connectivity index (χ2n) is 4.98. The summed E-state index contributed by atoms with van der Waals surface area (Å²) in [5.41, 5.74) is 1.70. The summed E-state index contributed by atoms with van der Waals surface area (Å²) in [6.07, 6.45) is -2.72. The Morgan fingerprint density at radius 2 is 1.73 bits per heavy atom. The van der Waals surface area contributed by atoms with Gasteiger partial charge in [0.05, 0.1) is 11.3 Å². The molecule has 5 heteroatoms. The smallest absolute Gasteiger partial charge is 0.238 e. The van der Waals surface area contributed by atoms with Gasteiger partial charge in [0.2, 0.25) is 0 Å². The number of aromatic nitrogens is 2. The Morgan fingerprint density at radius 3 is 2.41 bits per heavy atom. The van der Waals surface area contributed by atoms with E-state index < -0.39 is 11.7 Å². The molecule has 0 fully saturated rings. The van der Waals surface area contributed by atoms with Gasteiger partial charge in [-0.2, -0.15) is 18.3 Å². The molecule has 22 heavy (non-hydrogen) atoms. The van der Waals surface area contributed by atoms with Crippen molar-refractivity contribution >= 4 is 0 Å². The molecule has 0 saturated carbocycles. The van der Waals surface area contributed by atoms with Crippen LogP contribution in [0.15, 0.2) is 60.8 Å². The Bertz CT molecular complexity index is 803. The molecule has 0 aliphatic rings. The number of alkyl halides is 3. The van der Waals surface area contributed by atoms with Gasteiger partial charge in [0.25, 0.3) is 0 Å². The number of aryl methyl sites for hydroxylation is 1. The van der Waals surface area contributed by atoms with E-state index in [0.29, 0.717) is 5.56 Å². The molecule has 3 aromatic rings. The highest BCUT2D eigenvalue weighted by Gasteiger charge is 2.33. The van der Waals surface area contributed by atoms with Gasteiger partial charge < -0.3 is 0 Å². The van der Waals surface area contributed by atoms with Gasteiger partial charge in [-0.15, -0.1) is 0 Å². The van der Waals surface area contributed by atoms with E-state index in [1.165, 1.54) is 12.1 Å². The van der Waals surface area contributed by atoms with Crippen LogP contribution in [0, 0.1) is 6.92 Å². The fourth-order valence-electron chi connectivity index (χ4n) is 2.43. The zero-order chi connectivity index (χ0) is 15.7. The Hall–Kier alpha value is -2.56. The van der Waals surface area contributed by atoms with Gasteiger partial charge in [-0.25, -0.2) is 4.68 Å². The van der Waals surface area contributed by atoms with E-state index in [2.05, 4.69) is 5.10 Å². The van der Waals surface area contributed by atoms with Crippen LogP contribution >= 0.6 is 0 Å². The van der Waals surface area contributed by atoms with E-state index in [9.17, 15) is 13.2 Å². The van der Waals surface area contributed by atoms with Gasteiger partial charge in [0.1, 0.15) is 0 Å². The normalized spacial score (nSPS) is 11.6. The maximum atomic E-state index is 13.2. The van der Waals surface area contributed by atoms with Gasteiger partial charge in [-0.1, -0.05) is 30.3 Å². The summed E-state index contributed by atoms with van der Waals surface area (Å²) in [5, 5.41) is 4.19. The molecule has 1 aromatic heterocycles. The summed E-state index contributed by atoms with van der Waals surface area (Å²) in [6.45, 7) is 1.89. The van der Waals surface area contributed by atoms with E-state index in [1.807, 2.05) is 19.1 Å². The van der Waals surface area contributed by atoms with Crippen molar-refractivity contribution in [3.63, 3.8) is 0 Å². The Morgan fingerprint density at radius 1 is 0.955 bits per heavy atom. The first-order valence-corrected chi connectivity index (χ1v) is 6.74. The minimum Gasteiger partial charge on any atom is -0.238 e. The van der Waals surface area contributed by atoms with Crippen molar-refractivity contribution in [3.8, 4) is 16.8 Å². The van der Waals surface area contributed by atoms with Crippen molar-refractivity contribution in [2.75, 3.05) is 0 Å². The van der Waals surface area contributed by atoms with Crippen LogP contribution in [0.4, 0.5) is 13.2 Å². The fraction of sp³-hybridized carbons (Fsp3) is 0.118. The quantitative estimate of drug-likeness (QED) is 0.660. The summed E-state index contributed by atoms with van der Waals surface area (Å²) >= 11 is 0. The third-order valence-corrected chi connectivity index (χ3v) is 3.47. The Labute approximate surface area is 125 Å². The van der Waals surface area contributed by atoms with Crippen molar-refractivity contribution in [2.24, 2.45) is 0 Å². The summed E-state index contributed by atoms with van der Waals surface area (Å²) in [7, 11) is 0. The third kappa shape index (κ3) is 2.62. The van der Waals surface area contributed by atoms with Gasteiger partial charge in [0, 0.05) is 11.9 Å². The molecule has 0 saturated heterocycles. The van der Waals surface area contributed by atoms with Crippen molar-refractivity contribution in [2.45, 2.75) is 13.1 Å². The van der Waals surface area contributed by atoms with Gasteiger partial charge >= 0.3 is 6.18 Å². The maximum Gasteiger partial charge on any atom is 0.417 e. The maximum absolute atomic E-state index is 13.2. The van der Waals surface area contributed by atoms with E-state index in [4.69, 9.17) is 0 Å². The molecule has 0 bridgehead atoms. The molecule has 0 amide bonds. The zero-order valence-corrected chi connectivity index (χ0v) is 11.8. The predicted octanol–water partition coefficient (Wildman–Crippen LogP) is 4.87. The second-order valence-corrected chi connectivity index (χ2v) is 4.98. The first-order chi connectivity index (χ1) is 10.5. The monoisotopic (exact) mass is 302 g/mol. The molecule has 1 heterocycles. The number of hydrogen-bond donors (Lipinski definition) is 0. The molecule has 112 valence electrons. The van der Waals surface area contributed by atoms with Crippen molar-refractivity contribution in [1.29, 1.82) is 0 Å². The molecule has 0 aliphatic heterocycles.